The molecule has 0 saturated heterocycles. The number of carbonyl (C=O) groups excluding carboxylic acids is 3. The second-order valence-corrected chi connectivity index (χ2v) is 3.00. The first kappa shape index (κ1) is 15.2. The van der Waals surface area contributed by atoms with E-state index in [-0.39, 0.29) is 25.9 Å². The molecule has 6 nitrogen and oxygen atoms in total. The van der Waals surface area contributed by atoms with Gasteiger partial charge in [-0.15, -0.1) is 0 Å². The summed E-state index contributed by atoms with van der Waals surface area (Å²) >= 11 is 0. The molecule has 0 bridgehead atoms. The Hall–Kier alpha value is -1.85. The summed E-state index contributed by atoms with van der Waals surface area (Å²) in [5.41, 5.74) is 0. The van der Waals surface area contributed by atoms with Crippen molar-refractivity contribution in [2.45, 2.75) is 25.9 Å². The predicted molar refractivity (Wildman–Crippen MR) is 58.0 cm³/mol. The molecule has 1 unspecified atom stereocenters. The van der Waals surface area contributed by atoms with Gasteiger partial charge >= 0.3 is 11.9 Å². The Morgan fingerprint density at radius 1 is 1.35 bits per heavy atom. The largest absolute Gasteiger partial charge is 0.469 e. The lowest BCUT2D eigenvalue weighted by molar-refractivity contribution is -0.142. The van der Waals surface area contributed by atoms with Crippen LogP contribution < -0.4 is 0 Å². The first-order valence-electron chi connectivity index (χ1n) is 5.14. The quantitative estimate of drug-likeness (QED) is 0.269. The molecule has 6 heteroatoms. The van der Waals surface area contributed by atoms with E-state index in [1.54, 1.807) is 6.92 Å². The normalized spacial score (nSPS) is 11.9. The van der Waals surface area contributed by atoms with E-state index in [0.717, 1.165) is 6.08 Å². The Balaban J connectivity index is 4.17. The Labute approximate surface area is 99.5 Å². The van der Waals surface area contributed by atoms with Crippen LogP contribution in [-0.4, -0.2) is 38.2 Å². The third kappa shape index (κ3) is 8.01. The first-order chi connectivity index (χ1) is 8.13. The number of rotatable bonds is 8. The fourth-order valence-corrected chi connectivity index (χ4v) is 1.02. The Bertz CT molecular complexity index is 284. The van der Waals surface area contributed by atoms with Crippen LogP contribution in [0.4, 0.5) is 0 Å². The van der Waals surface area contributed by atoms with Crippen LogP contribution in [0.3, 0.4) is 0 Å². The summed E-state index contributed by atoms with van der Waals surface area (Å²) in [5, 5.41) is 0. The Kier molecular flexibility index (Phi) is 8.36. The van der Waals surface area contributed by atoms with Crippen LogP contribution in [0.15, 0.2) is 12.2 Å². The van der Waals surface area contributed by atoms with Gasteiger partial charge in [0.05, 0.1) is 13.7 Å². The van der Waals surface area contributed by atoms with Crippen molar-refractivity contribution < 1.29 is 28.6 Å². The maximum atomic E-state index is 11.0. The lowest BCUT2D eigenvalue weighted by Gasteiger charge is -2.09. The second-order valence-electron chi connectivity index (χ2n) is 3.00. The fourth-order valence-electron chi connectivity index (χ4n) is 1.02. The summed E-state index contributed by atoms with van der Waals surface area (Å²) in [6, 6.07) is 0. The van der Waals surface area contributed by atoms with Crippen molar-refractivity contribution in [3.05, 3.63) is 12.2 Å². The zero-order chi connectivity index (χ0) is 13.1. The van der Waals surface area contributed by atoms with Gasteiger partial charge in [-0.2, -0.15) is 0 Å². The van der Waals surface area contributed by atoms with Gasteiger partial charge in [-0.3, -0.25) is 9.59 Å². The molecule has 0 aromatic rings. The second kappa shape index (κ2) is 9.38. The highest BCUT2D eigenvalue weighted by molar-refractivity contribution is 5.82. The van der Waals surface area contributed by atoms with Crippen molar-refractivity contribution in [1.82, 2.24) is 0 Å². The summed E-state index contributed by atoms with van der Waals surface area (Å²) in [6.45, 7) is 2.21. The standard InChI is InChI=1S/C11H16O6/c1-3-16-11(14)7-5-9(17-8-12)4-6-10(13)15-2/h5,7-9H,3-4,6H2,1-2H3/b7-5-. The molecule has 0 radical (unpaired) electrons. The molecule has 0 fully saturated rings. The molecule has 0 amide bonds. The van der Waals surface area contributed by atoms with Crippen molar-refractivity contribution >= 4 is 18.4 Å². The minimum absolute atomic E-state index is 0.0994. The van der Waals surface area contributed by atoms with E-state index in [0.29, 0.717) is 0 Å². The fraction of sp³-hybridized carbons (Fsp3) is 0.545. The number of esters is 2. The van der Waals surface area contributed by atoms with Gasteiger partial charge in [-0.1, -0.05) is 0 Å². The summed E-state index contributed by atoms with van der Waals surface area (Å²) in [5.74, 6) is -0.931. The van der Waals surface area contributed by atoms with Crippen LogP contribution in [0.5, 0.6) is 0 Å². The molecular weight excluding hydrogens is 228 g/mol. The van der Waals surface area contributed by atoms with Gasteiger partial charge in [0.1, 0.15) is 6.10 Å². The molecule has 0 aliphatic heterocycles. The van der Waals surface area contributed by atoms with E-state index >= 15 is 0 Å². The molecule has 96 valence electrons. The van der Waals surface area contributed by atoms with Gasteiger partial charge in [0.25, 0.3) is 6.47 Å². The van der Waals surface area contributed by atoms with Crippen molar-refractivity contribution in [2.75, 3.05) is 13.7 Å². The SMILES string of the molecule is CCOC(=O)/C=C\C(CCC(=O)OC)OC=O. The Morgan fingerprint density at radius 2 is 2.06 bits per heavy atom. The number of ether oxygens (including phenoxy) is 3. The molecule has 0 aliphatic rings. The molecule has 0 saturated carbocycles. The number of methoxy groups -OCH3 is 1. The van der Waals surface area contributed by atoms with E-state index in [9.17, 15) is 14.4 Å². The van der Waals surface area contributed by atoms with Crippen molar-refractivity contribution in [1.29, 1.82) is 0 Å². The first-order valence-corrected chi connectivity index (χ1v) is 5.14. The van der Waals surface area contributed by atoms with Gasteiger partial charge < -0.3 is 14.2 Å². The van der Waals surface area contributed by atoms with Crippen molar-refractivity contribution in [2.24, 2.45) is 0 Å². The monoisotopic (exact) mass is 244 g/mol. The summed E-state index contributed by atoms with van der Waals surface area (Å²) in [4.78, 5) is 32.1. The zero-order valence-corrected chi connectivity index (χ0v) is 9.88. The van der Waals surface area contributed by atoms with E-state index in [2.05, 4.69) is 14.2 Å². The molecule has 1 atom stereocenters. The minimum atomic E-state index is -0.643. The maximum Gasteiger partial charge on any atom is 0.330 e. The highest BCUT2D eigenvalue weighted by atomic mass is 16.5. The van der Waals surface area contributed by atoms with E-state index in [1.807, 2.05) is 0 Å². The van der Waals surface area contributed by atoms with Crippen molar-refractivity contribution in [3.8, 4) is 0 Å². The van der Waals surface area contributed by atoms with E-state index in [1.165, 1.54) is 13.2 Å². The molecule has 0 N–H and O–H groups in total. The lowest BCUT2D eigenvalue weighted by Crippen LogP contribution is -2.13. The van der Waals surface area contributed by atoms with Crippen molar-refractivity contribution in [3.63, 3.8) is 0 Å². The van der Waals surface area contributed by atoms with Gasteiger partial charge in [0.15, 0.2) is 0 Å². The zero-order valence-electron chi connectivity index (χ0n) is 9.88. The summed E-state index contributed by atoms with van der Waals surface area (Å²) in [6.07, 6.45) is 2.24. The minimum Gasteiger partial charge on any atom is -0.469 e. The third-order valence-corrected chi connectivity index (χ3v) is 1.82. The highest BCUT2D eigenvalue weighted by Gasteiger charge is 2.10. The third-order valence-electron chi connectivity index (χ3n) is 1.82. The molecule has 17 heavy (non-hydrogen) atoms. The van der Waals surface area contributed by atoms with Gasteiger partial charge in [-0.05, 0) is 19.4 Å². The smallest absolute Gasteiger partial charge is 0.330 e. The number of carbonyl (C=O) groups is 3. The van der Waals surface area contributed by atoms with Crippen LogP contribution >= 0.6 is 0 Å². The summed E-state index contributed by atoms with van der Waals surface area (Å²) < 4.78 is 13.8. The molecule has 0 heterocycles. The van der Waals surface area contributed by atoms with Crippen LogP contribution in [0.25, 0.3) is 0 Å². The van der Waals surface area contributed by atoms with Gasteiger partial charge in [-0.25, -0.2) is 4.79 Å². The Morgan fingerprint density at radius 3 is 2.59 bits per heavy atom. The molecule has 0 aromatic heterocycles. The van der Waals surface area contributed by atoms with Crippen LogP contribution in [0.1, 0.15) is 19.8 Å². The predicted octanol–water partition coefficient (Wildman–Crippen LogP) is 0.600. The van der Waals surface area contributed by atoms with Crippen LogP contribution in [0.2, 0.25) is 0 Å². The average molecular weight is 244 g/mol. The highest BCUT2D eigenvalue weighted by Crippen LogP contribution is 2.04. The topological polar surface area (TPSA) is 78.9 Å². The van der Waals surface area contributed by atoms with E-state index < -0.39 is 18.0 Å². The van der Waals surface area contributed by atoms with Gasteiger partial charge in [0, 0.05) is 12.5 Å². The molecule has 0 rings (SSSR count). The van der Waals surface area contributed by atoms with Crippen LogP contribution in [0, 0.1) is 0 Å². The number of hydrogen-bond acceptors (Lipinski definition) is 6. The molecule has 0 aromatic carbocycles. The maximum absolute atomic E-state index is 11.0. The van der Waals surface area contributed by atoms with Crippen LogP contribution in [-0.2, 0) is 28.6 Å². The summed E-state index contributed by atoms with van der Waals surface area (Å²) in [7, 11) is 1.27. The van der Waals surface area contributed by atoms with Gasteiger partial charge in [0.2, 0.25) is 0 Å². The molecular formula is C11H16O6. The van der Waals surface area contributed by atoms with E-state index in [4.69, 9.17) is 0 Å². The lowest BCUT2D eigenvalue weighted by atomic mass is 10.2. The molecule has 0 spiro atoms. The molecule has 0 aliphatic carbocycles. The average Bonchev–Trinajstić information content (AvgIpc) is 2.32. The number of hydrogen-bond donors (Lipinski definition) is 0.